The number of hydrogen-bond donors (Lipinski definition) is 0. The van der Waals surface area contributed by atoms with Gasteiger partial charge in [0.15, 0.2) is 11.5 Å². The predicted molar refractivity (Wildman–Crippen MR) is 95.8 cm³/mol. The molecule has 0 spiro atoms. The Labute approximate surface area is 154 Å². The second-order valence-electron chi connectivity index (χ2n) is 5.21. The van der Waals surface area contributed by atoms with E-state index in [0.29, 0.717) is 0 Å². The molecule has 0 atom stereocenters. The minimum atomic E-state index is -0.694. The van der Waals surface area contributed by atoms with Crippen LogP contribution in [-0.4, -0.2) is 35.8 Å². The van der Waals surface area contributed by atoms with Crippen molar-refractivity contribution >= 4 is 11.4 Å². The summed E-state index contributed by atoms with van der Waals surface area (Å²) in [7, 11) is 0. The number of hydrogen-bond acceptors (Lipinski definition) is 7. The highest BCUT2D eigenvalue weighted by Gasteiger charge is 2.19. The first kappa shape index (κ1) is 19.7. The molecule has 27 heavy (non-hydrogen) atoms. The molecule has 0 aliphatic heterocycles. The summed E-state index contributed by atoms with van der Waals surface area (Å²) in [5.41, 5.74) is -0.374. The van der Waals surface area contributed by atoms with Crippen molar-refractivity contribution in [1.29, 1.82) is 0 Å². The van der Waals surface area contributed by atoms with Gasteiger partial charge in [-0.25, -0.2) is 0 Å². The van der Waals surface area contributed by atoms with E-state index in [0.717, 1.165) is 0 Å². The summed E-state index contributed by atoms with van der Waals surface area (Å²) in [6.45, 7) is -0.217. The summed E-state index contributed by atoms with van der Waals surface area (Å²) < 4.78 is 16.4. The van der Waals surface area contributed by atoms with Crippen molar-refractivity contribution in [3.05, 3.63) is 68.8 Å². The summed E-state index contributed by atoms with van der Waals surface area (Å²) in [4.78, 5) is 20.9. The van der Waals surface area contributed by atoms with Crippen LogP contribution in [0.1, 0.15) is 0 Å². The summed E-state index contributed by atoms with van der Waals surface area (Å²) in [5.74, 6) is 2.45. The van der Waals surface area contributed by atoms with E-state index < -0.39 is 16.0 Å². The monoisotopic (exact) mass is 372 g/mol. The van der Waals surface area contributed by atoms with Crippen molar-refractivity contribution in [2.24, 2.45) is 0 Å². The number of para-hydroxylation sites is 4. The van der Waals surface area contributed by atoms with E-state index >= 15 is 0 Å². The molecule has 9 heteroatoms. The van der Waals surface area contributed by atoms with Crippen LogP contribution in [0.2, 0.25) is 0 Å². The third-order valence-electron chi connectivity index (χ3n) is 3.38. The van der Waals surface area contributed by atoms with Gasteiger partial charge in [0.1, 0.15) is 25.9 Å². The van der Waals surface area contributed by atoms with Crippen LogP contribution >= 0.6 is 0 Å². The van der Waals surface area contributed by atoms with Gasteiger partial charge < -0.3 is 14.2 Å². The van der Waals surface area contributed by atoms with Gasteiger partial charge in [0.2, 0.25) is 0 Å². The highest BCUT2D eigenvalue weighted by molar-refractivity contribution is 5.46. The molecule has 2 aromatic rings. The smallest absolute Gasteiger partial charge is 0.310 e. The van der Waals surface area contributed by atoms with Gasteiger partial charge in [0.25, 0.3) is 0 Å². The Balaban J connectivity index is 2.05. The molecule has 2 aromatic carbocycles. The van der Waals surface area contributed by atoms with E-state index in [4.69, 9.17) is 20.6 Å². The van der Waals surface area contributed by atoms with Gasteiger partial charge >= 0.3 is 11.4 Å². The number of rotatable bonds is 10. The van der Waals surface area contributed by atoms with Crippen molar-refractivity contribution in [3.63, 3.8) is 0 Å². The van der Waals surface area contributed by atoms with Gasteiger partial charge in [-0.15, -0.1) is 6.42 Å². The normalized spacial score (nSPS) is 10.2. The molecule has 0 heterocycles. The number of nitro benzene ring substituents is 2. The summed E-state index contributed by atoms with van der Waals surface area (Å²) >= 11 is 0. The molecule has 0 unspecified atom stereocenters. The standard InChI is InChI=1S/C18H16N2O7/c1-2-11-25-14(12-26-17-9-5-3-7-15(17)19(21)22)13-27-18-10-6-4-8-16(18)20(23)24/h1,3-10,14H,11-13H2. The molecule has 0 fully saturated rings. The fourth-order valence-corrected chi connectivity index (χ4v) is 2.14. The maximum Gasteiger partial charge on any atom is 0.310 e. The lowest BCUT2D eigenvalue weighted by atomic mass is 10.3. The number of terminal acetylenes is 1. The molecule has 140 valence electrons. The van der Waals surface area contributed by atoms with Crippen molar-refractivity contribution in [2.75, 3.05) is 19.8 Å². The fourth-order valence-electron chi connectivity index (χ4n) is 2.14. The van der Waals surface area contributed by atoms with Crippen molar-refractivity contribution in [2.45, 2.75) is 6.10 Å². The zero-order valence-corrected chi connectivity index (χ0v) is 14.1. The van der Waals surface area contributed by atoms with Crippen LogP contribution in [-0.2, 0) is 4.74 Å². The van der Waals surface area contributed by atoms with Gasteiger partial charge in [-0.1, -0.05) is 30.2 Å². The van der Waals surface area contributed by atoms with Crippen LogP contribution in [0, 0.1) is 32.6 Å². The van der Waals surface area contributed by atoms with E-state index in [9.17, 15) is 20.2 Å². The molecule has 0 amide bonds. The molecule has 0 saturated carbocycles. The van der Waals surface area contributed by atoms with E-state index in [-0.39, 0.29) is 42.7 Å². The molecular formula is C18H16N2O7. The van der Waals surface area contributed by atoms with E-state index in [1.54, 1.807) is 12.1 Å². The van der Waals surface area contributed by atoms with Crippen LogP contribution in [0.5, 0.6) is 11.5 Å². The molecule has 9 nitrogen and oxygen atoms in total. The van der Waals surface area contributed by atoms with E-state index in [1.165, 1.54) is 36.4 Å². The van der Waals surface area contributed by atoms with Crippen molar-refractivity contribution < 1.29 is 24.1 Å². The first-order chi connectivity index (χ1) is 13.0. The predicted octanol–water partition coefficient (Wildman–Crippen LogP) is 2.98. The Morgan fingerprint density at radius 2 is 1.33 bits per heavy atom. The van der Waals surface area contributed by atoms with Crippen molar-refractivity contribution in [3.8, 4) is 23.8 Å². The zero-order valence-electron chi connectivity index (χ0n) is 14.1. The Kier molecular flexibility index (Phi) is 7.10. The molecular weight excluding hydrogens is 356 g/mol. The number of nitrogens with zero attached hydrogens (tertiary/aromatic N) is 2. The summed E-state index contributed by atoms with van der Waals surface area (Å²) in [5, 5.41) is 22.1. The van der Waals surface area contributed by atoms with Crippen LogP contribution in [0.3, 0.4) is 0 Å². The van der Waals surface area contributed by atoms with Gasteiger partial charge in [-0.3, -0.25) is 20.2 Å². The van der Waals surface area contributed by atoms with Crippen LogP contribution in [0.25, 0.3) is 0 Å². The summed E-state index contributed by atoms with van der Waals surface area (Å²) in [6, 6.07) is 11.8. The molecule has 2 rings (SSSR count). The molecule has 0 saturated heterocycles. The lowest BCUT2D eigenvalue weighted by Crippen LogP contribution is -2.29. The highest BCUT2D eigenvalue weighted by atomic mass is 16.6. The van der Waals surface area contributed by atoms with Gasteiger partial charge in [-0.05, 0) is 12.1 Å². The van der Waals surface area contributed by atoms with E-state index in [1.807, 2.05) is 0 Å². The summed E-state index contributed by atoms with van der Waals surface area (Å²) in [6.07, 6.45) is 4.49. The quantitative estimate of drug-likeness (QED) is 0.358. The van der Waals surface area contributed by atoms with E-state index in [2.05, 4.69) is 5.92 Å². The fraction of sp³-hybridized carbons (Fsp3) is 0.222. The first-order valence-corrected chi connectivity index (χ1v) is 7.80. The second-order valence-corrected chi connectivity index (χ2v) is 5.21. The average molecular weight is 372 g/mol. The van der Waals surface area contributed by atoms with Crippen molar-refractivity contribution in [1.82, 2.24) is 0 Å². The first-order valence-electron chi connectivity index (χ1n) is 7.80. The molecule has 0 bridgehead atoms. The molecule has 0 aliphatic rings. The Bertz CT molecular complexity index is 786. The number of nitro groups is 2. The maximum atomic E-state index is 11.0. The molecule has 0 N–H and O–H groups in total. The third kappa shape index (κ3) is 5.69. The SMILES string of the molecule is C#CCOC(COc1ccccc1[N+](=O)[O-])COc1ccccc1[N+](=O)[O-]. The van der Waals surface area contributed by atoms with Gasteiger partial charge in [-0.2, -0.15) is 0 Å². The lowest BCUT2D eigenvalue weighted by molar-refractivity contribution is -0.386. The minimum Gasteiger partial charge on any atom is -0.484 e. The molecule has 0 aliphatic carbocycles. The lowest BCUT2D eigenvalue weighted by Gasteiger charge is -2.18. The van der Waals surface area contributed by atoms with Gasteiger partial charge in [0.05, 0.1) is 9.85 Å². The highest BCUT2D eigenvalue weighted by Crippen LogP contribution is 2.27. The van der Waals surface area contributed by atoms with Crippen LogP contribution in [0.15, 0.2) is 48.5 Å². The Morgan fingerprint density at radius 1 is 0.889 bits per heavy atom. The Hall–Kier alpha value is -3.64. The topological polar surface area (TPSA) is 114 Å². The zero-order chi connectivity index (χ0) is 19.6. The Morgan fingerprint density at radius 3 is 1.74 bits per heavy atom. The van der Waals surface area contributed by atoms with Crippen LogP contribution in [0.4, 0.5) is 11.4 Å². The average Bonchev–Trinajstić information content (AvgIpc) is 2.67. The molecule has 0 radical (unpaired) electrons. The largest absolute Gasteiger partial charge is 0.484 e. The number of benzene rings is 2. The van der Waals surface area contributed by atoms with Gasteiger partial charge in [0, 0.05) is 12.1 Å². The number of ether oxygens (including phenoxy) is 3. The van der Waals surface area contributed by atoms with Crippen LogP contribution < -0.4 is 9.47 Å². The maximum absolute atomic E-state index is 11.0. The third-order valence-corrected chi connectivity index (χ3v) is 3.38. The molecule has 0 aromatic heterocycles. The minimum absolute atomic E-state index is 0.0366. The second kappa shape index (κ2) is 9.74.